The molecular formula is C41H78NO7P. The zero-order valence-electron chi connectivity index (χ0n) is 32.4. The Morgan fingerprint density at radius 1 is 0.600 bits per heavy atom. The fraction of sp³-hybridized carbons (Fsp3) is 0.829. The normalized spacial score (nSPS) is 13.9. The summed E-state index contributed by atoms with van der Waals surface area (Å²) in [5.74, 6) is -0.346. The summed E-state index contributed by atoms with van der Waals surface area (Å²) in [4.78, 5) is 22.4. The Hall–Kier alpha value is -1.28. The van der Waals surface area contributed by atoms with Gasteiger partial charge in [0.1, 0.15) is 6.10 Å². The molecule has 0 radical (unpaired) electrons. The molecule has 3 N–H and O–H groups in total. The van der Waals surface area contributed by atoms with E-state index in [4.69, 9.17) is 24.3 Å². The Morgan fingerprint density at radius 2 is 1.06 bits per heavy atom. The zero-order chi connectivity index (χ0) is 36.6. The van der Waals surface area contributed by atoms with Crippen LogP contribution in [0.5, 0.6) is 0 Å². The van der Waals surface area contributed by atoms with Crippen molar-refractivity contribution >= 4 is 13.8 Å². The van der Waals surface area contributed by atoms with Crippen molar-refractivity contribution in [3.05, 3.63) is 36.5 Å². The molecule has 8 nitrogen and oxygen atoms in total. The predicted molar refractivity (Wildman–Crippen MR) is 210 cm³/mol. The van der Waals surface area contributed by atoms with Crippen molar-refractivity contribution in [3.63, 3.8) is 0 Å². The van der Waals surface area contributed by atoms with Crippen molar-refractivity contribution < 1.29 is 32.8 Å². The average molecular weight is 728 g/mol. The van der Waals surface area contributed by atoms with Gasteiger partial charge < -0.3 is 20.1 Å². The lowest BCUT2D eigenvalue weighted by atomic mass is 10.1. The highest BCUT2D eigenvalue weighted by Crippen LogP contribution is 2.43. The summed E-state index contributed by atoms with van der Waals surface area (Å²) >= 11 is 0. The summed E-state index contributed by atoms with van der Waals surface area (Å²) in [6, 6.07) is 0. The van der Waals surface area contributed by atoms with Crippen LogP contribution >= 0.6 is 7.82 Å². The van der Waals surface area contributed by atoms with Crippen LogP contribution in [0.25, 0.3) is 0 Å². The molecular weight excluding hydrogens is 649 g/mol. The molecule has 0 amide bonds. The number of hydrogen-bond donors (Lipinski definition) is 2. The molecule has 0 bridgehead atoms. The summed E-state index contributed by atoms with van der Waals surface area (Å²) in [6.07, 6.45) is 42.9. The molecule has 0 rings (SSSR count). The Kier molecular flexibility index (Phi) is 37.9. The van der Waals surface area contributed by atoms with Crippen LogP contribution in [0.4, 0.5) is 0 Å². The number of rotatable bonds is 39. The molecule has 9 heteroatoms. The van der Waals surface area contributed by atoms with Crippen LogP contribution < -0.4 is 5.73 Å². The number of esters is 1. The van der Waals surface area contributed by atoms with Gasteiger partial charge in [-0.25, -0.2) is 4.57 Å². The first-order chi connectivity index (χ1) is 24.4. The van der Waals surface area contributed by atoms with E-state index in [1.807, 2.05) is 0 Å². The van der Waals surface area contributed by atoms with E-state index in [0.717, 1.165) is 57.8 Å². The number of unbranched alkanes of at least 4 members (excludes halogenated alkanes) is 20. The van der Waals surface area contributed by atoms with E-state index >= 15 is 0 Å². The average Bonchev–Trinajstić information content (AvgIpc) is 3.10. The van der Waals surface area contributed by atoms with E-state index in [1.54, 1.807) is 0 Å². The van der Waals surface area contributed by atoms with Gasteiger partial charge in [-0.1, -0.05) is 140 Å². The molecule has 0 aliphatic heterocycles. The summed E-state index contributed by atoms with van der Waals surface area (Å²) in [5.41, 5.74) is 5.36. The molecule has 2 atom stereocenters. The van der Waals surface area contributed by atoms with E-state index in [0.29, 0.717) is 13.0 Å². The molecule has 2 unspecified atom stereocenters. The third-order valence-electron chi connectivity index (χ3n) is 8.53. The lowest BCUT2D eigenvalue weighted by Crippen LogP contribution is -2.28. The first kappa shape index (κ1) is 48.7. The van der Waals surface area contributed by atoms with Crippen LogP contribution in [0.15, 0.2) is 36.5 Å². The molecule has 0 saturated carbocycles. The molecule has 0 fully saturated rings. The van der Waals surface area contributed by atoms with Gasteiger partial charge in [0.2, 0.25) is 0 Å². The number of phosphoric acid groups is 1. The predicted octanol–water partition coefficient (Wildman–Crippen LogP) is 11.9. The van der Waals surface area contributed by atoms with Gasteiger partial charge in [-0.2, -0.15) is 0 Å². The molecule has 0 aromatic heterocycles. The van der Waals surface area contributed by atoms with Gasteiger partial charge in [0.15, 0.2) is 0 Å². The van der Waals surface area contributed by atoms with Gasteiger partial charge >= 0.3 is 13.8 Å². The Morgan fingerprint density at radius 3 is 1.60 bits per heavy atom. The number of hydrogen-bond acceptors (Lipinski definition) is 7. The van der Waals surface area contributed by atoms with Gasteiger partial charge in [0.25, 0.3) is 0 Å². The number of allylic oxidation sites excluding steroid dienone is 6. The van der Waals surface area contributed by atoms with Crippen molar-refractivity contribution in [2.75, 3.05) is 33.0 Å². The Labute approximate surface area is 308 Å². The third kappa shape index (κ3) is 38.0. The van der Waals surface area contributed by atoms with Crippen molar-refractivity contribution in [1.29, 1.82) is 0 Å². The Bertz CT molecular complexity index is 864. The standard InChI is InChI=1S/C41H78NO7P/c1-3-5-7-9-11-13-15-17-19-20-22-24-26-28-30-32-34-41(43)49-40(39-48-50(44,45)47-37-35-42)38-46-36-33-31-29-27-25-23-21-18-16-14-12-10-8-6-4-2/h13,15-16,18-20,40H,3-12,14,17,21-39,42H2,1-2H3,(H,44,45)/b15-13-,18-16-,20-19-. The second-order valence-corrected chi connectivity index (χ2v) is 14.9. The topological polar surface area (TPSA) is 117 Å². The minimum atomic E-state index is -4.28. The maximum Gasteiger partial charge on any atom is 0.472 e. The molecule has 0 aliphatic rings. The maximum atomic E-state index is 12.5. The summed E-state index contributed by atoms with van der Waals surface area (Å²) < 4.78 is 33.3. The quantitative estimate of drug-likeness (QED) is 0.0278. The van der Waals surface area contributed by atoms with Gasteiger partial charge in [-0.15, -0.1) is 0 Å². The molecule has 0 heterocycles. The van der Waals surface area contributed by atoms with Crippen LogP contribution in [0.3, 0.4) is 0 Å². The van der Waals surface area contributed by atoms with E-state index in [2.05, 4.69) is 50.3 Å². The van der Waals surface area contributed by atoms with Crippen LogP contribution in [0.1, 0.15) is 181 Å². The first-order valence-corrected chi connectivity index (χ1v) is 22.0. The summed E-state index contributed by atoms with van der Waals surface area (Å²) in [6.45, 7) is 4.87. The second kappa shape index (κ2) is 38.9. The molecule has 294 valence electrons. The highest BCUT2D eigenvalue weighted by molar-refractivity contribution is 7.47. The smallest absolute Gasteiger partial charge is 0.457 e. The summed E-state index contributed by atoms with van der Waals surface area (Å²) in [5, 5.41) is 0. The largest absolute Gasteiger partial charge is 0.472 e. The Balaban J connectivity index is 4.10. The molecule has 0 aromatic carbocycles. The van der Waals surface area contributed by atoms with E-state index < -0.39 is 13.9 Å². The monoisotopic (exact) mass is 728 g/mol. The second-order valence-electron chi connectivity index (χ2n) is 13.5. The molecule has 0 spiro atoms. The van der Waals surface area contributed by atoms with Gasteiger partial charge in [-0.05, 0) is 70.6 Å². The van der Waals surface area contributed by atoms with Crippen LogP contribution in [0.2, 0.25) is 0 Å². The fourth-order valence-corrected chi connectivity index (χ4v) is 6.26. The minimum Gasteiger partial charge on any atom is -0.457 e. The number of carbonyl (C=O) groups excluding carboxylic acids is 1. The number of nitrogens with two attached hydrogens (primary N) is 1. The highest BCUT2D eigenvalue weighted by Gasteiger charge is 2.25. The lowest BCUT2D eigenvalue weighted by molar-refractivity contribution is -0.154. The maximum absolute atomic E-state index is 12.5. The third-order valence-corrected chi connectivity index (χ3v) is 9.51. The number of carbonyl (C=O) groups is 1. The van der Waals surface area contributed by atoms with Crippen LogP contribution in [-0.2, 0) is 27.9 Å². The van der Waals surface area contributed by atoms with E-state index in [1.165, 1.54) is 103 Å². The van der Waals surface area contributed by atoms with Crippen molar-refractivity contribution in [1.82, 2.24) is 0 Å². The van der Waals surface area contributed by atoms with Gasteiger partial charge in [0, 0.05) is 19.6 Å². The molecule has 50 heavy (non-hydrogen) atoms. The van der Waals surface area contributed by atoms with Crippen molar-refractivity contribution in [2.24, 2.45) is 5.73 Å². The first-order valence-electron chi connectivity index (χ1n) is 20.5. The zero-order valence-corrected chi connectivity index (χ0v) is 33.3. The van der Waals surface area contributed by atoms with E-state index in [-0.39, 0.29) is 32.3 Å². The van der Waals surface area contributed by atoms with Gasteiger partial charge in [0.05, 0.1) is 19.8 Å². The van der Waals surface area contributed by atoms with Crippen molar-refractivity contribution in [2.45, 2.75) is 187 Å². The summed E-state index contributed by atoms with van der Waals surface area (Å²) in [7, 11) is -4.28. The van der Waals surface area contributed by atoms with Crippen molar-refractivity contribution in [3.8, 4) is 0 Å². The highest BCUT2D eigenvalue weighted by atomic mass is 31.2. The molecule has 0 aliphatic carbocycles. The lowest BCUT2D eigenvalue weighted by Gasteiger charge is -2.20. The fourth-order valence-electron chi connectivity index (χ4n) is 5.49. The molecule has 0 aromatic rings. The number of ether oxygens (including phenoxy) is 2. The van der Waals surface area contributed by atoms with Crippen LogP contribution in [0, 0.1) is 0 Å². The van der Waals surface area contributed by atoms with Crippen LogP contribution in [-0.4, -0.2) is 49.9 Å². The number of phosphoric ester groups is 1. The van der Waals surface area contributed by atoms with Gasteiger partial charge in [-0.3, -0.25) is 13.8 Å². The van der Waals surface area contributed by atoms with E-state index in [9.17, 15) is 14.3 Å². The SMILES string of the molecule is CCCCCC/C=C\C/C=C\CCCCCCCC(=O)OC(COCCCCCCCC/C=C\CCCCCCC)COP(=O)(O)OCCN. The minimum absolute atomic E-state index is 0.0966. The molecule has 0 saturated heterocycles.